The highest BCUT2D eigenvalue weighted by molar-refractivity contribution is 5.88. The van der Waals surface area contributed by atoms with E-state index in [4.69, 9.17) is 4.74 Å². The fourth-order valence-electron chi connectivity index (χ4n) is 3.15. The molecule has 4 heteroatoms. The third kappa shape index (κ3) is 2.44. The quantitative estimate of drug-likeness (QED) is 0.882. The van der Waals surface area contributed by atoms with Gasteiger partial charge >= 0.3 is 5.97 Å². The Kier molecular flexibility index (Phi) is 3.72. The number of rotatable bonds is 3. The summed E-state index contributed by atoms with van der Waals surface area (Å²) in [5.41, 5.74) is 6.32. The zero-order chi connectivity index (χ0) is 15.0. The van der Waals surface area contributed by atoms with E-state index in [1.54, 1.807) is 0 Å². The number of esters is 1. The summed E-state index contributed by atoms with van der Waals surface area (Å²) in [7, 11) is 0. The first kappa shape index (κ1) is 14.1. The molecule has 0 spiro atoms. The molecule has 0 amide bonds. The molecule has 21 heavy (non-hydrogen) atoms. The molecule has 0 saturated heterocycles. The molecule has 0 radical (unpaired) electrons. The minimum Gasteiger partial charge on any atom is -0.465 e. The highest BCUT2D eigenvalue weighted by Crippen LogP contribution is 2.30. The van der Waals surface area contributed by atoms with Crippen LogP contribution in [0.2, 0.25) is 0 Å². The average Bonchev–Trinajstić information content (AvgIpc) is 2.74. The van der Waals surface area contributed by atoms with E-state index in [-0.39, 0.29) is 5.97 Å². The number of fused-ring (bicyclic) bond motifs is 3. The Morgan fingerprint density at radius 3 is 2.86 bits per heavy atom. The molecular formula is C17H22N2O2. The van der Waals surface area contributed by atoms with Crippen molar-refractivity contribution in [2.45, 2.75) is 40.3 Å². The van der Waals surface area contributed by atoms with Crippen molar-refractivity contribution in [1.82, 2.24) is 9.88 Å². The van der Waals surface area contributed by atoms with Crippen molar-refractivity contribution >= 4 is 16.9 Å². The van der Waals surface area contributed by atoms with Gasteiger partial charge in [0.15, 0.2) is 0 Å². The standard InChI is InChI=1S/C17H22N2O2/c1-4-21-17(20)10-19-15-5-6-18-9-14(15)13-7-11(2)12(3)8-16(13)19/h7-8,18H,4-6,9-10H2,1-3H3. The lowest BCUT2D eigenvalue weighted by molar-refractivity contribution is -0.143. The van der Waals surface area contributed by atoms with Gasteiger partial charge in [0.05, 0.1) is 6.61 Å². The van der Waals surface area contributed by atoms with Gasteiger partial charge in [-0.1, -0.05) is 0 Å². The zero-order valence-corrected chi connectivity index (χ0v) is 13.0. The van der Waals surface area contributed by atoms with E-state index < -0.39 is 0 Å². The van der Waals surface area contributed by atoms with Crippen LogP contribution in [0, 0.1) is 13.8 Å². The minimum atomic E-state index is -0.158. The van der Waals surface area contributed by atoms with Crippen molar-refractivity contribution in [3.05, 3.63) is 34.5 Å². The van der Waals surface area contributed by atoms with Crippen LogP contribution < -0.4 is 5.32 Å². The number of hydrogen-bond donors (Lipinski definition) is 1. The summed E-state index contributed by atoms with van der Waals surface area (Å²) in [5.74, 6) is -0.158. The van der Waals surface area contributed by atoms with Gasteiger partial charge in [-0.3, -0.25) is 4.79 Å². The highest BCUT2D eigenvalue weighted by Gasteiger charge is 2.21. The monoisotopic (exact) mass is 286 g/mol. The number of hydrogen-bond acceptors (Lipinski definition) is 3. The summed E-state index contributed by atoms with van der Waals surface area (Å²) in [6, 6.07) is 4.44. The highest BCUT2D eigenvalue weighted by atomic mass is 16.5. The molecule has 0 saturated carbocycles. The Morgan fingerprint density at radius 2 is 2.10 bits per heavy atom. The number of nitrogens with one attached hydrogen (secondary N) is 1. The van der Waals surface area contributed by atoms with Crippen LogP contribution in [-0.2, 0) is 29.0 Å². The van der Waals surface area contributed by atoms with Gasteiger partial charge in [-0.2, -0.15) is 0 Å². The van der Waals surface area contributed by atoms with Gasteiger partial charge < -0.3 is 14.6 Å². The summed E-state index contributed by atoms with van der Waals surface area (Å²) in [4.78, 5) is 11.9. The van der Waals surface area contributed by atoms with Crippen LogP contribution in [0.5, 0.6) is 0 Å². The van der Waals surface area contributed by atoms with Gasteiger partial charge in [-0.15, -0.1) is 0 Å². The van der Waals surface area contributed by atoms with Gasteiger partial charge in [-0.05, 0) is 49.6 Å². The maximum absolute atomic E-state index is 11.9. The van der Waals surface area contributed by atoms with Crippen molar-refractivity contribution in [1.29, 1.82) is 0 Å². The van der Waals surface area contributed by atoms with E-state index in [9.17, 15) is 4.79 Å². The predicted molar refractivity (Wildman–Crippen MR) is 83.5 cm³/mol. The largest absolute Gasteiger partial charge is 0.465 e. The molecule has 2 heterocycles. The van der Waals surface area contributed by atoms with Crippen LogP contribution in [0.3, 0.4) is 0 Å². The van der Waals surface area contributed by atoms with E-state index in [1.807, 2.05) is 6.92 Å². The van der Waals surface area contributed by atoms with Crippen molar-refractivity contribution in [2.24, 2.45) is 0 Å². The smallest absolute Gasteiger partial charge is 0.325 e. The second kappa shape index (κ2) is 5.53. The number of benzene rings is 1. The van der Waals surface area contributed by atoms with Crippen LogP contribution in [0.1, 0.15) is 29.3 Å². The minimum absolute atomic E-state index is 0.158. The first-order valence-electron chi connectivity index (χ1n) is 7.59. The Hall–Kier alpha value is -1.81. The van der Waals surface area contributed by atoms with E-state index in [0.717, 1.165) is 25.0 Å². The van der Waals surface area contributed by atoms with Crippen LogP contribution in [0.25, 0.3) is 10.9 Å². The van der Waals surface area contributed by atoms with Crippen LogP contribution in [0.15, 0.2) is 12.1 Å². The van der Waals surface area contributed by atoms with Gasteiger partial charge in [-0.25, -0.2) is 0 Å². The van der Waals surface area contributed by atoms with Crippen LogP contribution in [-0.4, -0.2) is 23.7 Å². The molecule has 0 bridgehead atoms. The molecule has 1 aromatic heterocycles. The van der Waals surface area contributed by atoms with Crippen molar-refractivity contribution < 1.29 is 9.53 Å². The number of aromatic nitrogens is 1. The Balaban J connectivity index is 2.16. The number of aryl methyl sites for hydroxylation is 2. The number of carbonyl (C=O) groups excluding carboxylic acids is 1. The molecule has 0 atom stereocenters. The Labute approximate surface area is 125 Å². The lowest BCUT2D eigenvalue weighted by Crippen LogP contribution is -2.25. The third-order valence-corrected chi connectivity index (χ3v) is 4.34. The molecule has 3 rings (SSSR count). The predicted octanol–water partition coefficient (Wildman–Crippen LogP) is 2.47. The second-order valence-corrected chi connectivity index (χ2v) is 5.70. The topological polar surface area (TPSA) is 43.3 Å². The number of ether oxygens (including phenoxy) is 1. The summed E-state index contributed by atoms with van der Waals surface area (Å²) in [5, 5.41) is 4.70. The first-order chi connectivity index (χ1) is 10.1. The summed E-state index contributed by atoms with van der Waals surface area (Å²) in [6.07, 6.45) is 0.960. The molecule has 4 nitrogen and oxygen atoms in total. The van der Waals surface area contributed by atoms with Gasteiger partial charge in [0.25, 0.3) is 0 Å². The molecule has 112 valence electrons. The molecule has 1 N–H and O–H groups in total. The number of carbonyl (C=O) groups is 1. The molecular weight excluding hydrogens is 264 g/mol. The second-order valence-electron chi connectivity index (χ2n) is 5.70. The fourth-order valence-corrected chi connectivity index (χ4v) is 3.15. The van der Waals surface area contributed by atoms with E-state index in [0.29, 0.717) is 13.2 Å². The zero-order valence-electron chi connectivity index (χ0n) is 13.0. The molecule has 0 fully saturated rings. The normalized spacial score (nSPS) is 14.2. The van der Waals surface area contributed by atoms with Crippen molar-refractivity contribution in [2.75, 3.05) is 13.2 Å². The molecule has 1 aliphatic rings. The van der Waals surface area contributed by atoms with Gasteiger partial charge in [0.2, 0.25) is 0 Å². The number of nitrogens with zero attached hydrogens (tertiary/aromatic N) is 1. The molecule has 0 unspecified atom stereocenters. The van der Waals surface area contributed by atoms with Crippen molar-refractivity contribution in [3.8, 4) is 0 Å². The lowest BCUT2D eigenvalue weighted by atomic mass is 10.0. The van der Waals surface area contributed by atoms with Crippen molar-refractivity contribution in [3.63, 3.8) is 0 Å². The Morgan fingerprint density at radius 1 is 1.33 bits per heavy atom. The lowest BCUT2D eigenvalue weighted by Gasteiger charge is -2.16. The maximum atomic E-state index is 11.9. The summed E-state index contributed by atoms with van der Waals surface area (Å²) < 4.78 is 7.28. The van der Waals surface area contributed by atoms with Crippen LogP contribution in [0.4, 0.5) is 0 Å². The fraction of sp³-hybridized carbons (Fsp3) is 0.471. The summed E-state index contributed by atoms with van der Waals surface area (Å²) >= 11 is 0. The van der Waals surface area contributed by atoms with Gasteiger partial charge in [0.1, 0.15) is 6.54 Å². The SMILES string of the molecule is CCOC(=O)Cn1c2c(c3cc(C)c(C)cc31)CNCC2. The first-order valence-corrected chi connectivity index (χ1v) is 7.59. The Bertz CT molecular complexity index is 701. The molecule has 2 aromatic rings. The van der Waals surface area contributed by atoms with Gasteiger partial charge in [0, 0.05) is 36.1 Å². The molecule has 0 aliphatic carbocycles. The molecule has 1 aromatic carbocycles. The third-order valence-electron chi connectivity index (χ3n) is 4.34. The average molecular weight is 286 g/mol. The van der Waals surface area contributed by atoms with E-state index in [2.05, 4.69) is 35.9 Å². The molecule has 1 aliphatic heterocycles. The van der Waals surface area contributed by atoms with E-state index >= 15 is 0 Å². The maximum Gasteiger partial charge on any atom is 0.325 e. The summed E-state index contributed by atoms with van der Waals surface area (Å²) in [6.45, 7) is 8.68. The van der Waals surface area contributed by atoms with Crippen LogP contribution >= 0.6 is 0 Å². The van der Waals surface area contributed by atoms with E-state index in [1.165, 1.54) is 27.8 Å².